The number of hydrogen-bond acceptors (Lipinski definition) is 1. The van der Waals surface area contributed by atoms with Gasteiger partial charge in [-0.2, -0.15) is 0 Å². The number of rotatable bonds is 6. The zero-order valence-electron chi connectivity index (χ0n) is 10.9. The van der Waals surface area contributed by atoms with Crippen LogP contribution in [0.15, 0.2) is 18.3 Å². The van der Waals surface area contributed by atoms with Crippen LogP contribution in [0.3, 0.4) is 0 Å². The van der Waals surface area contributed by atoms with Crippen molar-refractivity contribution in [1.29, 1.82) is 0 Å². The Morgan fingerprint density at radius 2 is 2.29 bits per heavy atom. The van der Waals surface area contributed by atoms with Crippen LogP contribution >= 0.6 is 0 Å². The van der Waals surface area contributed by atoms with Gasteiger partial charge >= 0.3 is 0 Å². The van der Waals surface area contributed by atoms with Crippen LogP contribution in [-0.4, -0.2) is 21.9 Å². The summed E-state index contributed by atoms with van der Waals surface area (Å²) in [7, 11) is 2.04. The molecule has 1 aliphatic carbocycles. The SMILES string of the molecule is CCCCN(Cc1cccn1C)C(=O)C1CC1. The number of aromatic nitrogens is 1. The molecule has 1 heterocycles. The lowest BCUT2D eigenvalue weighted by atomic mass is 10.2. The van der Waals surface area contributed by atoms with E-state index in [2.05, 4.69) is 17.6 Å². The molecule has 0 saturated heterocycles. The summed E-state index contributed by atoms with van der Waals surface area (Å²) in [6.07, 6.45) is 6.46. The smallest absolute Gasteiger partial charge is 0.226 e. The second-order valence-corrected chi connectivity index (χ2v) is 5.00. The maximum atomic E-state index is 12.2. The van der Waals surface area contributed by atoms with E-state index in [0.717, 1.165) is 38.8 Å². The van der Waals surface area contributed by atoms with Crippen molar-refractivity contribution in [2.45, 2.75) is 39.2 Å². The first-order valence-electron chi connectivity index (χ1n) is 6.61. The third-order valence-electron chi connectivity index (χ3n) is 3.42. The third kappa shape index (κ3) is 3.11. The summed E-state index contributed by atoms with van der Waals surface area (Å²) in [6, 6.07) is 4.13. The Bertz CT molecular complexity index is 379. The molecule has 3 nitrogen and oxygen atoms in total. The van der Waals surface area contributed by atoms with Crippen molar-refractivity contribution in [2.75, 3.05) is 6.54 Å². The Morgan fingerprint density at radius 3 is 2.82 bits per heavy atom. The van der Waals surface area contributed by atoms with E-state index in [1.165, 1.54) is 5.69 Å². The van der Waals surface area contributed by atoms with Gasteiger partial charge in [0, 0.05) is 31.4 Å². The van der Waals surface area contributed by atoms with Gasteiger partial charge in [0.1, 0.15) is 0 Å². The van der Waals surface area contributed by atoms with Crippen LogP contribution in [0.25, 0.3) is 0 Å². The average Bonchev–Trinajstić information content (AvgIpc) is 3.09. The topological polar surface area (TPSA) is 25.2 Å². The zero-order chi connectivity index (χ0) is 12.3. The van der Waals surface area contributed by atoms with Gasteiger partial charge in [-0.1, -0.05) is 13.3 Å². The van der Waals surface area contributed by atoms with Gasteiger partial charge in [-0.25, -0.2) is 0 Å². The van der Waals surface area contributed by atoms with Gasteiger partial charge in [-0.3, -0.25) is 4.79 Å². The number of aryl methyl sites for hydroxylation is 1. The minimum atomic E-state index is 0.326. The molecule has 0 N–H and O–H groups in total. The monoisotopic (exact) mass is 234 g/mol. The first-order chi connectivity index (χ1) is 8.22. The largest absolute Gasteiger partial charge is 0.353 e. The highest BCUT2D eigenvalue weighted by atomic mass is 16.2. The number of nitrogens with zero attached hydrogens (tertiary/aromatic N) is 2. The first-order valence-corrected chi connectivity index (χ1v) is 6.61. The summed E-state index contributed by atoms with van der Waals surface area (Å²) in [5.74, 6) is 0.687. The molecule has 1 aliphatic rings. The molecule has 0 unspecified atom stereocenters. The van der Waals surface area contributed by atoms with Gasteiger partial charge in [-0.05, 0) is 31.4 Å². The maximum Gasteiger partial charge on any atom is 0.226 e. The summed E-state index contributed by atoms with van der Waals surface area (Å²) >= 11 is 0. The minimum Gasteiger partial charge on any atom is -0.353 e. The lowest BCUT2D eigenvalue weighted by Gasteiger charge is -2.23. The normalized spacial score (nSPS) is 14.9. The molecule has 1 aromatic heterocycles. The summed E-state index contributed by atoms with van der Waals surface area (Å²) in [5.41, 5.74) is 1.22. The molecule has 0 spiro atoms. The van der Waals surface area contributed by atoms with E-state index in [0.29, 0.717) is 11.8 Å². The fourth-order valence-corrected chi connectivity index (χ4v) is 2.06. The molecule has 1 saturated carbocycles. The molecule has 0 aromatic carbocycles. The average molecular weight is 234 g/mol. The summed E-state index contributed by atoms with van der Waals surface area (Å²) < 4.78 is 2.10. The van der Waals surface area contributed by atoms with E-state index >= 15 is 0 Å². The fourth-order valence-electron chi connectivity index (χ4n) is 2.06. The Morgan fingerprint density at radius 1 is 1.53 bits per heavy atom. The predicted octanol–water partition coefficient (Wildman–Crippen LogP) is 2.56. The molecule has 1 fully saturated rings. The molecule has 3 heteroatoms. The van der Waals surface area contributed by atoms with Gasteiger partial charge in [-0.15, -0.1) is 0 Å². The number of carbonyl (C=O) groups excluding carboxylic acids is 1. The Hall–Kier alpha value is -1.25. The lowest BCUT2D eigenvalue weighted by Crippen LogP contribution is -2.33. The Labute approximate surface area is 103 Å². The number of hydrogen-bond donors (Lipinski definition) is 0. The van der Waals surface area contributed by atoms with Crippen LogP contribution in [0.4, 0.5) is 0 Å². The summed E-state index contributed by atoms with van der Waals surface area (Å²) in [5, 5.41) is 0. The predicted molar refractivity (Wildman–Crippen MR) is 68.5 cm³/mol. The van der Waals surface area contributed by atoms with Crippen molar-refractivity contribution >= 4 is 5.91 Å². The minimum absolute atomic E-state index is 0.326. The van der Waals surface area contributed by atoms with Gasteiger partial charge in [0.2, 0.25) is 5.91 Å². The van der Waals surface area contributed by atoms with E-state index in [1.54, 1.807) is 0 Å². The van der Waals surface area contributed by atoms with Gasteiger partial charge in [0.15, 0.2) is 0 Å². The van der Waals surface area contributed by atoms with Crippen molar-refractivity contribution in [2.24, 2.45) is 13.0 Å². The number of amides is 1. The van der Waals surface area contributed by atoms with E-state index in [-0.39, 0.29) is 0 Å². The fraction of sp³-hybridized carbons (Fsp3) is 0.643. The molecule has 0 aliphatic heterocycles. The van der Waals surface area contributed by atoms with Crippen LogP contribution in [0, 0.1) is 5.92 Å². The molecular formula is C14H22N2O. The lowest BCUT2D eigenvalue weighted by molar-refractivity contribution is -0.133. The molecule has 94 valence electrons. The quantitative estimate of drug-likeness (QED) is 0.742. The number of carbonyl (C=O) groups is 1. The maximum absolute atomic E-state index is 12.2. The van der Waals surface area contributed by atoms with E-state index in [1.807, 2.05) is 24.2 Å². The van der Waals surface area contributed by atoms with Gasteiger partial charge in [0.05, 0.1) is 6.54 Å². The van der Waals surface area contributed by atoms with Crippen molar-refractivity contribution in [3.63, 3.8) is 0 Å². The Kier molecular flexibility index (Phi) is 3.87. The summed E-state index contributed by atoms with van der Waals surface area (Å²) in [4.78, 5) is 14.2. The molecular weight excluding hydrogens is 212 g/mol. The molecule has 1 aromatic rings. The van der Waals surface area contributed by atoms with Crippen molar-refractivity contribution in [1.82, 2.24) is 9.47 Å². The molecule has 0 radical (unpaired) electrons. The van der Waals surface area contributed by atoms with E-state index < -0.39 is 0 Å². The van der Waals surface area contributed by atoms with Crippen LogP contribution in [0.1, 0.15) is 38.3 Å². The molecule has 2 rings (SSSR count). The molecule has 0 bridgehead atoms. The Balaban J connectivity index is 1.99. The second kappa shape index (κ2) is 5.39. The zero-order valence-corrected chi connectivity index (χ0v) is 10.9. The first kappa shape index (κ1) is 12.2. The van der Waals surface area contributed by atoms with Crippen LogP contribution in [0.2, 0.25) is 0 Å². The highest BCUT2D eigenvalue weighted by Crippen LogP contribution is 2.31. The standard InChI is InChI=1S/C14H22N2O/c1-3-4-10-16(14(17)12-7-8-12)11-13-6-5-9-15(13)2/h5-6,9,12H,3-4,7-8,10-11H2,1-2H3. The highest BCUT2D eigenvalue weighted by Gasteiger charge is 2.33. The van der Waals surface area contributed by atoms with Crippen LogP contribution < -0.4 is 0 Å². The number of unbranched alkanes of at least 4 members (excludes halogenated alkanes) is 1. The molecule has 1 amide bonds. The summed E-state index contributed by atoms with van der Waals surface area (Å²) in [6.45, 7) is 3.83. The second-order valence-electron chi connectivity index (χ2n) is 5.00. The highest BCUT2D eigenvalue weighted by molar-refractivity contribution is 5.81. The van der Waals surface area contributed by atoms with Crippen LogP contribution in [0.5, 0.6) is 0 Å². The van der Waals surface area contributed by atoms with Crippen molar-refractivity contribution in [3.05, 3.63) is 24.0 Å². The van der Waals surface area contributed by atoms with E-state index in [9.17, 15) is 4.79 Å². The van der Waals surface area contributed by atoms with Gasteiger partial charge < -0.3 is 9.47 Å². The molecule has 0 atom stereocenters. The van der Waals surface area contributed by atoms with Gasteiger partial charge in [0.25, 0.3) is 0 Å². The van der Waals surface area contributed by atoms with Crippen LogP contribution in [-0.2, 0) is 18.4 Å². The third-order valence-corrected chi connectivity index (χ3v) is 3.42. The van der Waals surface area contributed by atoms with Crippen molar-refractivity contribution in [3.8, 4) is 0 Å². The molecule has 17 heavy (non-hydrogen) atoms. The van der Waals surface area contributed by atoms with Crippen molar-refractivity contribution < 1.29 is 4.79 Å². The van der Waals surface area contributed by atoms with E-state index in [4.69, 9.17) is 0 Å².